The first-order valence-corrected chi connectivity index (χ1v) is 6.35. The number of allylic oxidation sites excluding steroid dienone is 3. The molecule has 0 amide bonds. The minimum atomic E-state index is 0.465. The highest BCUT2D eigenvalue weighted by molar-refractivity contribution is 5.17. The van der Waals surface area contributed by atoms with Crippen LogP contribution in [0.3, 0.4) is 0 Å². The van der Waals surface area contributed by atoms with Crippen molar-refractivity contribution in [3.05, 3.63) is 23.8 Å². The van der Waals surface area contributed by atoms with E-state index in [0.717, 1.165) is 11.8 Å². The van der Waals surface area contributed by atoms with Gasteiger partial charge in [0.25, 0.3) is 0 Å². The molecule has 0 aliphatic heterocycles. The molecule has 0 heterocycles. The standard InChI is InChI=1S/C15H24/c1-11-6-5-9-15(3,4)14-10-13(11)8-7-12(14)2/h6,13-14H,2,5,7-10H2,1,3-4H3/b11-6-/t13-,14-/m0/s1. The molecular weight excluding hydrogens is 180 g/mol. The van der Waals surface area contributed by atoms with Crippen molar-refractivity contribution in [1.29, 1.82) is 0 Å². The molecule has 0 N–H and O–H groups in total. The molecule has 0 saturated heterocycles. The topological polar surface area (TPSA) is 0 Å². The van der Waals surface area contributed by atoms with Crippen LogP contribution >= 0.6 is 0 Å². The molecule has 0 nitrogen and oxygen atoms in total. The van der Waals surface area contributed by atoms with E-state index in [1.54, 1.807) is 5.57 Å². The Balaban J connectivity index is 2.29. The molecule has 0 aromatic heterocycles. The molecule has 0 aromatic rings. The molecule has 2 bridgehead atoms. The van der Waals surface area contributed by atoms with E-state index >= 15 is 0 Å². The minimum Gasteiger partial charge on any atom is -0.0996 e. The van der Waals surface area contributed by atoms with Gasteiger partial charge < -0.3 is 0 Å². The van der Waals surface area contributed by atoms with Crippen LogP contribution in [-0.4, -0.2) is 0 Å². The maximum Gasteiger partial charge on any atom is -0.0149 e. The Bertz CT molecular complexity index is 293. The highest BCUT2D eigenvalue weighted by Gasteiger charge is 2.37. The second kappa shape index (κ2) is 3.81. The van der Waals surface area contributed by atoms with Crippen LogP contribution in [0.5, 0.6) is 0 Å². The van der Waals surface area contributed by atoms with Gasteiger partial charge in [-0.2, -0.15) is 0 Å². The molecular formula is C15H24. The fraction of sp³-hybridized carbons (Fsp3) is 0.733. The first kappa shape index (κ1) is 11.0. The van der Waals surface area contributed by atoms with Gasteiger partial charge in [0.2, 0.25) is 0 Å². The zero-order chi connectivity index (χ0) is 11.1. The van der Waals surface area contributed by atoms with Crippen molar-refractivity contribution in [3.8, 4) is 0 Å². The lowest BCUT2D eigenvalue weighted by Crippen LogP contribution is -2.32. The van der Waals surface area contributed by atoms with Gasteiger partial charge in [0, 0.05) is 0 Å². The third-order valence-electron chi connectivity index (χ3n) is 4.67. The fourth-order valence-electron chi connectivity index (χ4n) is 3.40. The monoisotopic (exact) mass is 204 g/mol. The molecule has 2 rings (SSSR count). The highest BCUT2D eigenvalue weighted by Crippen LogP contribution is 2.48. The predicted octanol–water partition coefficient (Wildman–Crippen LogP) is 4.73. The zero-order valence-corrected chi connectivity index (χ0v) is 10.5. The van der Waals surface area contributed by atoms with Gasteiger partial charge in [0.15, 0.2) is 0 Å². The largest absolute Gasteiger partial charge is 0.0996 e. The van der Waals surface area contributed by atoms with E-state index in [2.05, 4.69) is 33.4 Å². The predicted molar refractivity (Wildman–Crippen MR) is 66.7 cm³/mol. The van der Waals surface area contributed by atoms with Crippen LogP contribution in [-0.2, 0) is 0 Å². The Morgan fingerprint density at radius 2 is 2.13 bits per heavy atom. The molecule has 2 aliphatic carbocycles. The summed E-state index contributed by atoms with van der Waals surface area (Å²) in [7, 11) is 0. The van der Waals surface area contributed by atoms with Gasteiger partial charge in [-0.1, -0.05) is 37.6 Å². The lowest BCUT2D eigenvalue weighted by atomic mass is 9.62. The van der Waals surface area contributed by atoms with Crippen LogP contribution in [0.15, 0.2) is 23.8 Å². The van der Waals surface area contributed by atoms with Crippen molar-refractivity contribution < 1.29 is 0 Å². The van der Waals surface area contributed by atoms with Crippen LogP contribution in [0.4, 0.5) is 0 Å². The summed E-state index contributed by atoms with van der Waals surface area (Å²) in [5, 5.41) is 0. The average Bonchev–Trinajstić information content (AvgIpc) is 2.16. The second-order valence-electron chi connectivity index (χ2n) is 6.16. The molecule has 15 heavy (non-hydrogen) atoms. The molecule has 0 unspecified atom stereocenters. The van der Waals surface area contributed by atoms with E-state index in [4.69, 9.17) is 0 Å². The molecule has 0 radical (unpaired) electrons. The number of fused-ring (bicyclic) bond motifs is 2. The number of rotatable bonds is 0. The molecule has 0 aromatic carbocycles. The minimum absolute atomic E-state index is 0.465. The third kappa shape index (κ3) is 2.04. The second-order valence-corrected chi connectivity index (χ2v) is 6.16. The van der Waals surface area contributed by atoms with Crippen LogP contribution < -0.4 is 0 Å². The number of hydrogen-bond donors (Lipinski definition) is 0. The quantitative estimate of drug-likeness (QED) is 0.501. The molecule has 2 aliphatic rings. The summed E-state index contributed by atoms with van der Waals surface area (Å²) in [6.07, 6.45) is 9.02. The normalized spacial score (nSPS) is 38.9. The van der Waals surface area contributed by atoms with Crippen molar-refractivity contribution in [3.63, 3.8) is 0 Å². The van der Waals surface area contributed by atoms with Crippen molar-refractivity contribution in [2.75, 3.05) is 0 Å². The summed E-state index contributed by atoms with van der Waals surface area (Å²) in [6, 6.07) is 0. The Hall–Kier alpha value is -0.520. The van der Waals surface area contributed by atoms with Crippen LogP contribution in [0, 0.1) is 17.3 Å². The van der Waals surface area contributed by atoms with Crippen LogP contribution in [0.2, 0.25) is 0 Å². The molecule has 0 heteroatoms. The van der Waals surface area contributed by atoms with Gasteiger partial charge in [0.05, 0.1) is 0 Å². The first-order valence-electron chi connectivity index (χ1n) is 6.35. The van der Waals surface area contributed by atoms with E-state index in [9.17, 15) is 0 Å². The molecule has 2 atom stereocenters. The summed E-state index contributed by atoms with van der Waals surface area (Å²) in [5.41, 5.74) is 3.63. The van der Waals surface area contributed by atoms with E-state index in [1.165, 1.54) is 37.7 Å². The first-order chi connectivity index (χ1) is 7.00. The Morgan fingerprint density at radius 1 is 1.40 bits per heavy atom. The Kier molecular flexibility index (Phi) is 2.79. The van der Waals surface area contributed by atoms with Gasteiger partial charge in [-0.15, -0.1) is 0 Å². The van der Waals surface area contributed by atoms with Crippen molar-refractivity contribution >= 4 is 0 Å². The smallest absolute Gasteiger partial charge is 0.0149 e. The maximum atomic E-state index is 4.31. The summed E-state index contributed by atoms with van der Waals surface area (Å²) >= 11 is 0. The molecule has 1 saturated carbocycles. The lowest BCUT2D eigenvalue weighted by molar-refractivity contribution is 0.169. The molecule has 84 valence electrons. The zero-order valence-electron chi connectivity index (χ0n) is 10.5. The van der Waals surface area contributed by atoms with Gasteiger partial charge in [-0.3, -0.25) is 0 Å². The van der Waals surface area contributed by atoms with Crippen LogP contribution in [0.25, 0.3) is 0 Å². The molecule has 0 spiro atoms. The van der Waals surface area contributed by atoms with Crippen molar-refractivity contribution in [2.45, 2.75) is 52.9 Å². The Labute approximate surface area is 94.5 Å². The van der Waals surface area contributed by atoms with Crippen molar-refractivity contribution in [1.82, 2.24) is 0 Å². The SMILES string of the molecule is C=C1CC[C@H]2C[C@@H]1C(C)(C)CC/C=C\2C. The van der Waals surface area contributed by atoms with E-state index in [1.807, 2.05) is 0 Å². The van der Waals surface area contributed by atoms with E-state index in [0.29, 0.717) is 5.41 Å². The molecule has 1 fully saturated rings. The Morgan fingerprint density at radius 3 is 2.87 bits per heavy atom. The summed E-state index contributed by atoms with van der Waals surface area (Å²) in [5.74, 6) is 1.61. The third-order valence-corrected chi connectivity index (χ3v) is 4.67. The van der Waals surface area contributed by atoms with E-state index < -0.39 is 0 Å². The van der Waals surface area contributed by atoms with Gasteiger partial charge in [0.1, 0.15) is 0 Å². The van der Waals surface area contributed by atoms with E-state index in [-0.39, 0.29) is 0 Å². The van der Waals surface area contributed by atoms with Gasteiger partial charge in [-0.05, 0) is 56.3 Å². The average molecular weight is 204 g/mol. The lowest BCUT2D eigenvalue weighted by Gasteiger charge is -2.43. The van der Waals surface area contributed by atoms with Crippen LogP contribution in [0.1, 0.15) is 52.9 Å². The highest BCUT2D eigenvalue weighted by atomic mass is 14.4. The summed E-state index contributed by atoms with van der Waals surface area (Å²) in [6.45, 7) is 11.5. The van der Waals surface area contributed by atoms with Gasteiger partial charge in [-0.25, -0.2) is 0 Å². The maximum absolute atomic E-state index is 4.31. The van der Waals surface area contributed by atoms with Gasteiger partial charge >= 0.3 is 0 Å². The summed E-state index contributed by atoms with van der Waals surface area (Å²) in [4.78, 5) is 0. The number of hydrogen-bond acceptors (Lipinski definition) is 0. The fourth-order valence-corrected chi connectivity index (χ4v) is 3.40. The summed E-state index contributed by atoms with van der Waals surface area (Å²) < 4.78 is 0. The van der Waals surface area contributed by atoms with Crippen molar-refractivity contribution in [2.24, 2.45) is 17.3 Å².